The average molecular weight is 630 g/mol. The fourth-order valence-corrected chi connectivity index (χ4v) is 4.29. The van der Waals surface area contributed by atoms with E-state index in [1.54, 1.807) is 48.5 Å². The molecule has 1 aliphatic rings. The van der Waals surface area contributed by atoms with Crippen LogP contribution in [0.2, 0.25) is 5.02 Å². The number of pyridine rings is 1. The molecule has 1 atom stereocenters. The first-order valence-corrected chi connectivity index (χ1v) is 15.1. The summed E-state index contributed by atoms with van der Waals surface area (Å²) in [5.74, 6) is -0.321. The molecule has 4 aromatic rings. The van der Waals surface area contributed by atoms with Crippen LogP contribution in [0.5, 0.6) is 5.88 Å². The summed E-state index contributed by atoms with van der Waals surface area (Å²) < 4.78 is 38.6. The Kier molecular flexibility index (Phi) is 16.0. The van der Waals surface area contributed by atoms with Gasteiger partial charge in [0.1, 0.15) is 23.9 Å². The van der Waals surface area contributed by atoms with E-state index in [0.717, 1.165) is 18.6 Å². The Bertz CT molecular complexity index is 1550. The summed E-state index contributed by atoms with van der Waals surface area (Å²) in [4.78, 5) is 15.1. The highest BCUT2D eigenvalue weighted by molar-refractivity contribution is 6.62. The molecule has 0 spiro atoms. The molecule has 0 aliphatic carbocycles. The van der Waals surface area contributed by atoms with Crippen molar-refractivity contribution in [1.82, 2.24) is 4.98 Å². The van der Waals surface area contributed by atoms with Gasteiger partial charge in [-0.2, -0.15) is 0 Å². The van der Waals surface area contributed by atoms with Crippen LogP contribution in [0.1, 0.15) is 65.7 Å². The van der Waals surface area contributed by atoms with Crippen molar-refractivity contribution in [2.24, 2.45) is 0 Å². The highest BCUT2D eigenvalue weighted by Gasteiger charge is 2.14. The Morgan fingerprint density at radius 3 is 2.20 bits per heavy atom. The topological polar surface area (TPSA) is 48.4 Å². The van der Waals surface area contributed by atoms with E-state index in [0.29, 0.717) is 51.4 Å². The summed E-state index contributed by atoms with van der Waals surface area (Å²) >= 11 is 5.74. The van der Waals surface area contributed by atoms with Gasteiger partial charge in [-0.1, -0.05) is 68.3 Å². The maximum atomic E-state index is 14.2. The number of terminal acetylenes is 1. The quantitative estimate of drug-likeness (QED) is 0.144. The second-order valence-corrected chi connectivity index (χ2v) is 10.7. The van der Waals surface area contributed by atoms with Gasteiger partial charge in [0.15, 0.2) is 7.85 Å². The fraction of sp³-hybridized carbons (Fsp3) is 0.297. The lowest BCUT2D eigenvalue weighted by Crippen LogP contribution is -2.25. The molecule has 2 heterocycles. The highest BCUT2D eigenvalue weighted by Crippen LogP contribution is 2.24. The van der Waals surface area contributed by atoms with Crippen molar-refractivity contribution in [3.8, 4) is 30.0 Å². The molecular weight excluding hydrogens is 591 g/mol. The minimum Gasteiger partial charge on any atom is -0.473 e. The molecule has 8 heteroatoms. The van der Waals surface area contributed by atoms with Crippen molar-refractivity contribution in [1.29, 1.82) is 0 Å². The van der Waals surface area contributed by atoms with Gasteiger partial charge in [0.25, 0.3) is 0 Å². The fourth-order valence-electron chi connectivity index (χ4n) is 4.13. The van der Waals surface area contributed by atoms with Gasteiger partial charge in [0.05, 0.1) is 11.8 Å². The predicted molar refractivity (Wildman–Crippen MR) is 180 cm³/mol. The third-order valence-electron chi connectivity index (χ3n) is 7.02. The molecule has 1 aromatic heterocycles. The van der Waals surface area contributed by atoms with Gasteiger partial charge in [0, 0.05) is 34.4 Å². The van der Waals surface area contributed by atoms with Crippen molar-refractivity contribution in [3.63, 3.8) is 0 Å². The number of carbonyl (C=O) groups is 1. The number of carbonyl (C=O) groups excluding carboxylic acids is 1. The van der Waals surface area contributed by atoms with Gasteiger partial charge < -0.3 is 14.3 Å². The van der Waals surface area contributed by atoms with Crippen molar-refractivity contribution in [2.45, 2.75) is 66.1 Å². The van der Waals surface area contributed by atoms with E-state index in [1.807, 2.05) is 32.9 Å². The van der Waals surface area contributed by atoms with Crippen LogP contribution in [0.15, 0.2) is 72.8 Å². The van der Waals surface area contributed by atoms with Crippen molar-refractivity contribution in [3.05, 3.63) is 117 Å². The molecule has 2 radical (unpaired) electrons. The van der Waals surface area contributed by atoms with Gasteiger partial charge in [0.2, 0.25) is 5.88 Å². The van der Waals surface area contributed by atoms with E-state index in [4.69, 9.17) is 28.9 Å². The first-order valence-electron chi connectivity index (χ1n) is 14.8. The van der Waals surface area contributed by atoms with Crippen molar-refractivity contribution >= 4 is 25.1 Å². The summed E-state index contributed by atoms with van der Waals surface area (Å²) in [7, 11) is 5.09. The number of rotatable bonds is 8. The Balaban J connectivity index is 0.000000303. The van der Waals surface area contributed by atoms with E-state index in [1.165, 1.54) is 30.5 Å². The van der Waals surface area contributed by atoms with Crippen LogP contribution < -0.4 is 4.74 Å². The zero-order valence-corrected chi connectivity index (χ0v) is 27.0. The van der Waals surface area contributed by atoms with Gasteiger partial charge in [-0.3, -0.25) is 0 Å². The molecule has 5 rings (SSSR count). The van der Waals surface area contributed by atoms with Gasteiger partial charge in [-0.05, 0) is 80.1 Å². The number of hydrogen-bond acceptors (Lipinski definition) is 4. The highest BCUT2D eigenvalue weighted by atomic mass is 35.5. The SMILES string of the molecule is C#C.CCC1CCO1.CCCc1ccc(-c2cccc(OCc3ccc(Cl)cc3F)n2)cc1F.[B]C(=O)c1ccc(C)c(C)c1. The molecule has 4 nitrogen and oxygen atoms in total. The number of aromatic nitrogens is 1. The molecule has 0 bridgehead atoms. The van der Waals surface area contributed by atoms with Crippen LogP contribution >= 0.6 is 11.6 Å². The summed E-state index contributed by atoms with van der Waals surface area (Å²) in [6.45, 7) is 9.16. The zero-order chi connectivity index (χ0) is 33.4. The van der Waals surface area contributed by atoms with Crippen LogP contribution in [0.3, 0.4) is 0 Å². The van der Waals surface area contributed by atoms with Crippen LogP contribution in [0.4, 0.5) is 8.78 Å². The Morgan fingerprint density at radius 2 is 1.67 bits per heavy atom. The molecule has 0 N–H and O–H groups in total. The van der Waals surface area contributed by atoms with E-state index in [-0.39, 0.29) is 18.1 Å². The molecule has 45 heavy (non-hydrogen) atoms. The van der Waals surface area contributed by atoms with Gasteiger partial charge in [-0.25, -0.2) is 13.8 Å². The maximum absolute atomic E-state index is 14.2. The van der Waals surface area contributed by atoms with Crippen LogP contribution in [-0.2, 0) is 17.8 Å². The smallest absolute Gasteiger partial charge is 0.214 e. The third kappa shape index (κ3) is 12.1. The number of ether oxygens (including phenoxy) is 2. The second kappa shape index (κ2) is 19.4. The summed E-state index contributed by atoms with van der Waals surface area (Å²) in [6.07, 6.45) is 12.7. The normalized spacial score (nSPS) is 13.0. The molecule has 3 aromatic carbocycles. The van der Waals surface area contributed by atoms with E-state index in [2.05, 4.69) is 24.8 Å². The monoisotopic (exact) mass is 629 g/mol. The second-order valence-electron chi connectivity index (χ2n) is 10.3. The Morgan fingerprint density at radius 1 is 0.978 bits per heavy atom. The van der Waals surface area contributed by atoms with Crippen molar-refractivity contribution < 1.29 is 23.0 Å². The molecule has 234 valence electrons. The minimum absolute atomic E-state index is 0.0310. The number of aryl methyl sites for hydroxylation is 3. The van der Waals surface area contributed by atoms with E-state index >= 15 is 0 Å². The lowest BCUT2D eigenvalue weighted by atomic mass is 9.93. The molecule has 0 saturated carbocycles. The standard InChI is InChI=1S/C21H18ClF2NO.C9H9BO.C5H10O.C2H2/c1-2-4-14-7-8-15(11-18(14)23)20-5-3-6-21(25-20)26-13-16-9-10-17(22)12-19(16)24;1-6-3-4-8(9(10)11)5-7(6)2;1-2-5-3-4-6-5;1-2/h3,5-12H,2,4,13H2,1H3;3-5H,1-2H3;5H,2-4H2,1H3;1-2H. The predicted octanol–water partition coefficient (Wildman–Crippen LogP) is 9.26. The van der Waals surface area contributed by atoms with Gasteiger partial charge in [-0.15, -0.1) is 12.8 Å². The number of hydrogen-bond donors (Lipinski definition) is 0. The van der Waals surface area contributed by atoms with Gasteiger partial charge >= 0.3 is 0 Å². The summed E-state index contributed by atoms with van der Waals surface area (Å²) in [5.41, 5.74) is 4.84. The zero-order valence-electron chi connectivity index (χ0n) is 26.3. The lowest BCUT2D eigenvalue weighted by molar-refractivity contribution is -0.0516. The molecule has 1 saturated heterocycles. The lowest BCUT2D eigenvalue weighted by Gasteiger charge is -2.24. The first-order chi connectivity index (χ1) is 21.6. The largest absolute Gasteiger partial charge is 0.473 e. The Hall–Kier alpha value is -3.99. The minimum atomic E-state index is -0.428. The molecule has 1 fully saturated rings. The summed E-state index contributed by atoms with van der Waals surface area (Å²) in [6, 6.07) is 20.2. The number of halogens is 3. The first kappa shape index (κ1) is 37.2. The van der Waals surface area contributed by atoms with Crippen LogP contribution in [0.25, 0.3) is 11.3 Å². The van der Waals surface area contributed by atoms with Crippen LogP contribution in [0, 0.1) is 38.3 Å². The van der Waals surface area contributed by atoms with Crippen molar-refractivity contribution in [2.75, 3.05) is 6.61 Å². The number of nitrogens with zero attached hydrogens (tertiary/aromatic N) is 1. The maximum Gasteiger partial charge on any atom is 0.214 e. The summed E-state index contributed by atoms with van der Waals surface area (Å²) in [5, 5.41) is 0.333. The average Bonchev–Trinajstić information content (AvgIpc) is 3.00. The van der Waals surface area contributed by atoms with Crippen LogP contribution in [-0.4, -0.2) is 31.2 Å². The molecule has 1 aliphatic heterocycles. The van der Waals surface area contributed by atoms with E-state index < -0.39 is 5.82 Å². The third-order valence-corrected chi connectivity index (χ3v) is 7.26. The molecule has 0 amide bonds. The van der Waals surface area contributed by atoms with E-state index in [9.17, 15) is 13.6 Å². The molecule has 1 unspecified atom stereocenters. The molecular formula is C37H39BClF2NO3. The number of benzene rings is 3. The Labute approximate surface area is 272 Å².